The highest BCUT2D eigenvalue weighted by atomic mass is 16.5. The van der Waals surface area contributed by atoms with Gasteiger partial charge in [0.05, 0.1) is 6.10 Å². The zero-order valence-corrected chi connectivity index (χ0v) is 8.91. The van der Waals surface area contributed by atoms with Gasteiger partial charge in [0, 0.05) is 26.3 Å². The van der Waals surface area contributed by atoms with Gasteiger partial charge in [0.1, 0.15) is 18.2 Å². The largest absolute Gasteiger partial charge is 0.480 e. The second kappa shape index (κ2) is 4.44. The Morgan fingerprint density at radius 2 is 2.50 bits per heavy atom. The molecule has 2 unspecified atom stereocenters. The normalized spacial score (nSPS) is 24.7. The van der Waals surface area contributed by atoms with Crippen LogP contribution in [0, 0.1) is 0 Å². The molecule has 86 valence electrons. The molecule has 0 spiro atoms. The lowest BCUT2D eigenvalue weighted by molar-refractivity contribution is -0.138. The summed E-state index contributed by atoms with van der Waals surface area (Å²) < 4.78 is 5.19. The fourth-order valence-corrected chi connectivity index (χ4v) is 1.91. The minimum atomic E-state index is -0.849. The van der Waals surface area contributed by atoms with E-state index >= 15 is 0 Å². The Morgan fingerprint density at radius 1 is 1.69 bits per heavy atom. The number of aliphatic carboxylic acids is 1. The molecule has 1 aliphatic heterocycles. The molecule has 0 radical (unpaired) electrons. The van der Waals surface area contributed by atoms with Gasteiger partial charge in [0.25, 0.3) is 0 Å². The van der Waals surface area contributed by atoms with Crippen molar-refractivity contribution in [2.45, 2.75) is 18.6 Å². The fourth-order valence-electron chi connectivity index (χ4n) is 1.91. The Labute approximate surface area is 92.9 Å². The van der Waals surface area contributed by atoms with Gasteiger partial charge in [-0.2, -0.15) is 0 Å². The molecule has 0 bridgehead atoms. The zero-order valence-electron chi connectivity index (χ0n) is 8.91. The highest BCUT2D eigenvalue weighted by Gasteiger charge is 2.37. The maximum atomic E-state index is 11.1. The van der Waals surface area contributed by atoms with Crippen molar-refractivity contribution in [2.24, 2.45) is 0 Å². The molecular weight excluding hydrogens is 210 g/mol. The smallest absolute Gasteiger partial charge is 0.326 e. The van der Waals surface area contributed by atoms with Crippen molar-refractivity contribution in [2.75, 3.05) is 18.6 Å². The van der Waals surface area contributed by atoms with Crippen LogP contribution in [0.15, 0.2) is 18.6 Å². The molecule has 0 amide bonds. The minimum Gasteiger partial charge on any atom is -0.480 e. The summed E-state index contributed by atoms with van der Waals surface area (Å²) in [5, 5.41) is 9.12. The van der Waals surface area contributed by atoms with Crippen molar-refractivity contribution in [1.82, 2.24) is 9.97 Å². The molecule has 1 aliphatic rings. The summed E-state index contributed by atoms with van der Waals surface area (Å²) in [6.45, 7) is 0.546. The van der Waals surface area contributed by atoms with E-state index in [9.17, 15) is 4.79 Å². The molecule has 1 saturated heterocycles. The third-order valence-corrected chi connectivity index (χ3v) is 2.74. The second-order valence-corrected chi connectivity index (χ2v) is 3.67. The molecule has 1 N–H and O–H groups in total. The van der Waals surface area contributed by atoms with Gasteiger partial charge in [-0.05, 0) is 6.07 Å². The van der Waals surface area contributed by atoms with Crippen molar-refractivity contribution in [3.05, 3.63) is 18.6 Å². The maximum Gasteiger partial charge on any atom is 0.326 e. The van der Waals surface area contributed by atoms with E-state index in [1.54, 1.807) is 24.3 Å². The molecule has 6 heteroatoms. The zero-order chi connectivity index (χ0) is 11.5. The van der Waals surface area contributed by atoms with Crippen LogP contribution < -0.4 is 4.90 Å². The summed E-state index contributed by atoms with van der Waals surface area (Å²) >= 11 is 0. The van der Waals surface area contributed by atoms with E-state index in [0.29, 0.717) is 18.8 Å². The first-order valence-corrected chi connectivity index (χ1v) is 5.00. The van der Waals surface area contributed by atoms with Crippen LogP contribution in [-0.2, 0) is 9.53 Å². The number of hydrogen-bond donors (Lipinski definition) is 1. The monoisotopic (exact) mass is 223 g/mol. The predicted molar refractivity (Wildman–Crippen MR) is 56.2 cm³/mol. The van der Waals surface area contributed by atoms with Crippen LogP contribution in [0.25, 0.3) is 0 Å². The van der Waals surface area contributed by atoms with Crippen LogP contribution >= 0.6 is 0 Å². The first kappa shape index (κ1) is 10.8. The van der Waals surface area contributed by atoms with E-state index in [1.807, 2.05) is 0 Å². The van der Waals surface area contributed by atoms with Crippen LogP contribution in [-0.4, -0.2) is 46.8 Å². The van der Waals surface area contributed by atoms with Gasteiger partial charge in [-0.15, -0.1) is 0 Å². The Morgan fingerprint density at radius 3 is 3.06 bits per heavy atom. The fraction of sp³-hybridized carbons (Fsp3) is 0.500. The predicted octanol–water partition coefficient (Wildman–Crippen LogP) is 0.155. The lowest BCUT2D eigenvalue weighted by Crippen LogP contribution is -2.36. The molecule has 1 aromatic rings. The van der Waals surface area contributed by atoms with Crippen molar-refractivity contribution >= 4 is 11.8 Å². The van der Waals surface area contributed by atoms with Crippen LogP contribution in [0.2, 0.25) is 0 Å². The molecule has 2 atom stereocenters. The third-order valence-electron chi connectivity index (χ3n) is 2.74. The Kier molecular flexibility index (Phi) is 3.00. The van der Waals surface area contributed by atoms with E-state index in [1.165, 1.54) is 6.33 Å². The Balaban J connectivity index is 2.22. The lowest BCUT2D eigenvalue weighted by atomic mass is 10.2. The van der Waals surface area contributed by atoms with Crippen LogP contribution in [0.1, 0.15) is 6.42 Å². The number of hydrogen-bond acceptors (Lipinski definition) is 5. The summed E-state index contributed by atoms with van der Waals surface area (Å²) in [4.78, 5) is 20.7. The van der Waals surface area contributed by atoms with Crippen LogP contribution in [0.4, 0.5) is 5.82 Å². The molecule has 1 aromatic heterocycles. The van der Waals surface area contributed by atoms with E-state index in [4.69, 9.17) is 9.84 Å². The number of nitrogens with zero attached hydrogens (tertiary/aromatic N) is 3. The van der Waals surface area contributed by atoms with Gasteiger partial charge in [0.2, 0.25) is 0 Å². The number of rotatable bonds is 3. The van der Waals surface area contributed by atoms with Crippen molar-refractivity contribution in [3.8, 4) is 0 Å². The molecular formula is C10H13N3O3. The van der Waals surface area contributed by atoms with E-state index in [0.717, 1.165) is 0 Å². The Hall–Kier alpha value is -1.69. The molecule has 0 aromatic carbocycles. The molecule has 0 aliphatic carbocycles. The maximum absolute atomic E-state index is 11.1. The van der Waals surface area contributed by atoms with Crippen molar-refractivity contribution < 1.29 is 14.6 Å². The highest BCUT2D eigenvalue weighted by molar-refractivity contribution is 5.78. The second-order valence-electron chi connectivity index (χ2n) is 3.67. The molecule has 16 heavy (non-hydrogen) atoms. The molecule has 2 rings (SSSR count). The quantitative estimate of drug-likeness (QED) is 0.786. The number of carboxylic acid groups (broad SMARTS) is 1. The van der Waals surface area contributed by atoms with Gasteiger partial charge in [0.15, 0.2) is 0 Å². The van der Waals surface area contributed by atoms with Gasteiger partial charge in [-0.1, -0.05) is 0 Å². The van der Waals surface area contributed by atoms with Crippen molar-refractivity contribution in [1.29, 1.82) is 0 Å². The topological polar surface area (TPSA) is 75.6 Å². The van der Waals surface area contributed by atoms with E-state index < -0.39 is 12.0 Å². The Bertz CT molecular complexity index is 371. The SMILES string of the molecule is COC1CC(C(=O)O)N(c2ccncn2)C1. The summed E-state index contributed by atoms with van der Waals surface area (Å²) in [5.41, 5.74) is 0. The highest BCUT2D eigenvalue weighted by Crippen LogP contribution is 2.24. The average Bonchev–Trinajstić information content (AvgIpc) is 2.74. The van der Waals surface area contributed by atoms with E-state index in [-0.39, 0.29) is 6.10 Å². The number of methoxy groups -OCH3 is 1. The van der Waals surface area contributed by atoms with Crippen LogP contribution in [0.5, 0.6) is 0 Å². The van der Waals surface area contributed by atoms with Gasteiger partial charge >= 0.3 is 5.97 Å². The number of aromatic nitrogens is 2. The summed E-state index contributed by atoms with van der Waals surface area (Å²) in [6, 6.07) is 1.13. The number of carbonyl (C=O) groups is 1. The standard InChI is InChI=1S/C10H13N3O3/c1-16-7-4-8(10(14)15)13(5-7)9-2-3-11-6-12-9/h2-3,6-8H,4-5H2,1H3,(H,14,15). The third kappa shape index (κ3) is 1.96. The lowest BCUT2D eigenvalue weighted by Gasteiger charge is -2.21. The van der Waals surface area contributed by atoms with E-state index in [2.05, 4.69) is 9.97 Å². The molecule has 6 nitrogen and oxygen atoms in total. The van der Waals surface area contributed by atoms with Crippen LogP contribution in [0.3, 0.4) is 0 Å². The number of carboxylic acids is 1. The molecule has 1 fully saturated rings. The van der Waals surface area contributed by atoms with Gasteiger partial charge in [-0.3, -0.25) is 0 Å². The number of anilines is 1. The summed E-state index contributed by atoms with van der Waals surface area (Å²) in [7, 11) is 1.59. The molecule has 2 heterocycles. The first-order valence-electron chi connectivity index (χ1n) is 5.00. The van der Waals surface area contributed by atoms with Crippen molar-refractivity contribution in [3.63, 3.8) is 0 Å². The van der Waals surface area contributed by atoms with Gasteiger partial charge in [-0.25, -0.2) is 14.8 Å². The number of ether oxygens (including phenoxy) is 1. The first-order chi connectivity index (χ1) is 7.72. The summed E-state index contributed by atoms with van der Waals surface area (Å²) in [5.74, 6) is -0.222. The average molecular weight is 223 g/mol. The molecule has 0 saturated carbocycles. The van der Waals surface area contributed by atoms with Gasteiger partial charge < -0.3 is 14.7 Å². The minimum absolute atomic E-state index is 0.0592. The summed E-state index contributed by atoms with van der Waals surface area (Å²) in [6.07, 6.45) is 3.43.